The number of rotatable bonds is 5. The molecule has 0 spiro atoms. The number of hydrogen-bond acceptors (Lipinski definition) is 3. The summed E-state index contributed by atoms with van der Waals surface area (Å²) < 4.78 is 13.3. The van der Waals surface area contributed by atoms with Crippen LogP contribution in [-0.2, 0) is 19.4 Å². The van der Waals surface area contributed by atoms with E-state index < -0.39 is 0 Å². The Morgan fingerprint density at radius 3 is 3.04 bits per heavy atom. The average Bonchev–Trinajstić information content (AvgIpc) is 3.33. The molecule has 1 aromatic heterocycles. The Kier molecular flexibility index (Phi) is 4.06. The van der Waals surface area contributed by atoms with Crippen molar-refractivity contribution in [3.63, 3.8) is 0 Å². The minimum atomic E-state index is -0.232. The van der Waals surface area contributed by atoms with E-state index in [1.165, 1.54) is 12.1 Å². The van der Waals surface area contributed by atoms with Gasteiger partial charge in [0.1, 0.15) is 5.82 Å². The zero-order chi connectivity index (χ0) is 16.5. The lowest BCUT2D eigenvalue weighted by Gasteiger charge is -2.23. The van der Waals surface area contributed by atoms with Crippen LogP contribution in [0.15, 0.2) is 24.3 Å². The molecule has 2 heterocycles. The molecule has 0 atom stereocenters. The number of aromatic nitrogens is 2. The van der Waals surface area contributed by atoms with Crippen molar-refractivity contribution in [2.24, 2.45) is 0 Å². The van der Waals surface area contributed by atoms with Gasteiger partial charge in [-0.05, 0) is 37.0 Å². The molecule has 0 saturated heterocycles. The van der Waals surface area contributed by atoms with Gasteiger partial charge < -0.3 is 10.2 Å². The number of aromatic amines is 1. The van der Waals surface area contributed by atoms with E-state index in [1.54, 1.807) is 6.07 Å². The van der Waals surface area contributed by atoms with Gasteiger partial charge in [-0.25, -0.2) is 4.39 Å². The first-order valence-electron chi connectivity index (χ1n) is 8.54. The molecule has 1 amide bonds. The molecule has 1 saturated carbocycles. The third kappa shape index (κ3) is 3.06. The number of carbonyl (C=O) groups excluding carboxylic acids is 1. The van der Waals surface area contributed by atoms with Crippen LogP contribution in [0.3, 0.4) is 0 Å². The van der Waals surface area contributed by atoms with Gasteiger partial charge in [0, 0.05) is 43.4 Å². The number of hydrogen-bond donors (Lipinski definition) is 2. The van der Waals surface area contributed by atoms with Gasteiger partial charge in [0.25, 0.3) is 5.91 Å². The van der Waals surface area contributed by atoms with Crippen molar-refractivity contribution >= 4 is 5.91 Å². The molecule has 4 rings (SSSR count). The molecular formula is C18H21FN4O. The van der Waals surface area contributed by atoms with Gasteiger partial charge in [-0.3, -0.25) is 9.89 Å². The van der Waals surface area contributed by atoms with Crippen LogP contribution in [0.5, 0.6) is 0 Å². The summed E-state index contributed by atoms with van der Waals surface area (Å²) in [6.45, 7) is 2.20. The van der Waals surface area contributed by atoms with Gasteiger partial charge in [0.2, 0.25) is 0 Å². The van der Waals surface area contributed by atoms with Crippen LogP contribution in [0.4, 0.5) is 4.39 Å². The molecule has 0 unspecified atom stereocenters. The molecule has 1 aliphatic heterocycles. The second-order valence-electron chi connectivity index (χ2n) is 6.57. The second-order valence-corrected chi connectivity index (χ2v) is 6.57. The molecule has 2 aromatic rings. The monoisotopic (exact) mass is 328 g/mol. The second kappa shape index (κ2) is 6.36. The van der Waals surface area contributed by atoms with E-state index in [1.807, 2.05) is 11.0 Å². The summed E-state index contributed by atoms with van der Waals surface area (Å²) in [6.07, 6.45) is 3.62. The lowest BCUT2D eigenvalue weighted by atomic mass is 10.1. The number of H-pyrrole nitrogens is 1. The van der Waals surface area contributed by atoms with Crippen LogP contribution in [0.2, 0.25) is 0 Å². The summed E-state index contributed by atoms with van der Waals surface area (Å²) in [5, 5.41) is 10.6. The van der Waals surface area contributed by atoms with E-state index in [2.05, 4.69) is 15.5 Å². The molecule has 2 aliphatic rings. The third-order valence-corrected chi connectivity index (χ3v) is 4.79. The predicted octanol–water partition coefficient (Wildman–Crippen LogP) is 2.04. The topological polar surface area (TPSA) is 61.0 Å². The zero-order valence-electron chi connectivity index (χ0n) is 13.5. The van der Waals surface area contributed by atoms with Crippen LogP contribution >= 0.6 is 0 Å². The molecular weight excluding hydrogens is 307 g/mol. The smallest absolute Gasteiger partial charge is 0.274 e. The summed E-state index contributed by atoms with van der Waals surface area (Å²) >= 11 is 0. The van der Waals surface area contributed by atoms with Gasteiger partial charge in [0.15, 0.2) is 5.69 Å². The highest BCUT2D eigenvalue weighted by atomic mass is 19.1. The minimum absolute atomic E-state index is 0.00453. The molecule has 2 N–H and O–H groups in total. The van der Waals surface area contributed by atoms with Crippen LogP contribution in [0, 0.1) is 5.82 Å². The average molecular weight is 328 g/mol. The van der Waals surface area contributed by atoms with E-state index in [0.717, 1.165) is 42.6 Å². The van der Waals surface area contributed by atoms with Gasteiger partial charge in [-0.1, -0.05) is 12.1 Å². The van der Waals surface area contributed by atoms with Crippen molar-refractivity contribution in [1.29, 1.82) is 0 Å². The minimum Gasteiger partial charge on any atom is -0.334 e. The maximum Gasteiger partial charge on any atom is 0.274 e. The third-order valence-electron chi connectivity index (χ3n) is 4.79. The first-order valence-corrected chi connectivity index (χ1v) is 8.54. The number of nitrogens with one attached hydrogen (secondary N) is 2. The SMILES string of the molecule is O=C(c1n[nH]c2c1CNCC2)N(CCc1cccc(F)c1)C1CC1. The maximum absolute atomic E-state index is 13.3. The maximum atomic E-state index is 13.3. The first-order chi connectivity index (χ1) is 11.7. The van der Waals surface area contributed by atoms with Crippen molar-refractivity contribution in [2.45, 2.75) is 38.3 Å². The predicted molar refractivity (Wildman–Crippen MR) is 88.2 cm³/mol. The number of nitrogens with zero attached hydrogens (tertiary/aromatic N) is 2. The van der Waals surface area contributed by atoms with Crippen molar-refractivity contribution < 1.29 is 9.18 Å². The molecule has 24 heavy (non-hydrogen) atoms. The number of carbonyl (C=O) groups is 1. The van der Waals surface area contributed by atoms with Crippen LogP contribution in [0.25, 0.3) is 0 Å². The fourth-order valence-corrected chi connectivity index (χ4v) is 3.32. The molecule has 6 heteroatoms. The highest BCUT2D eigenvalue weighted by molar-refractivity contribution is 5.94. The summed E-state index contributed by atoms with van der Waals surface area (Å²) in [5.41, 5.74) is 3.53. The highest BCUT2D eigenvalue weighted by Gasteiger charge is 2.35. The Morgan fingerprint density at radius 2 is 2.25 bits per heavy atom. The molecule has 5 nitrogen and oxygen atoms in total. The molecule has 1 aliphatic carbocycles. The van der Waals surface area contributed by atoms with Crippen LogP contribution < -0.4 is 5.32 Å². The van der Waals surface area contributed by atoms with Gasteiger partial charge >= 0.3 is 0 Å². The van der Waals surface area contributed by atoms with Crippen molar-refractivity contribution in [2.75, 3.05) is 13.1 Å². The quantitative estimate of drug-likeness (QED) is 0.883. The van der Waals surface area contributed by atoms with E-state index in [0.29, 0.717) is 31.2 Å². The summed E-state index contributed by atoms with van der Waals surface area (Å²) in [7, 11) is 0. The van der Waals surface area contributed by atoms with Gasteiger partial charge in [-0.15, -0.1) is 0 Å². The van der Waals surface area contributed by atoms with E-state index in [-0.39, 0.29) is 11.7 Å². The normalized spacial score (nSPS) is 16.7. The highest BCUT2D eigenvalue weighted by Crippen LogP contribution is 2.29. The van der Waals surface area contributed by atoms with E-state index >= 15 is 0 Å². The number of amides is 1. The zero-order valence-corrected chi connectivity index (χ0v) is 13.5. The largest absolute Gasteiger partial charge is 0.334 e. The van der Waals surface area contributed by atoms with Gasteiger partial charge in [-0.2, -0.15) is 5.10 Å². The van der Waals surface area contributed by atoms with Crippen molar-refractivity contribution in [3.05, 3.63) is 52.6 Å². The van der Waals surface area contributed by atoms with Crippen LogP contribution in [0.1, 0.15) is 40.2 Å². The lowest BCUT2D eigenvalue weighted by Crippen LogP contribution is -2.36. The summed E-state index contributed by atoms with van der Waals surface area (Å²) in [5.74, 6) is -0.237. The molecule has 1 aromatic carbocycles. The van der Waals surface area contributed by atoms with Crippen LogP contribution in [-0.4, -0.2) is 40.1 Å². The summed E-state index contributed by atoms with van der Waals surface area (Å²) in [4.78, 5) is 14.9. The number of fused-ring (bicyclic) bond motifs is 1. The first kappa shape index (κ1) is 15.3. The van der Waals surface area contributed by atoms with Crippen molar-refractivity contribution in [3.8, 4) is 0 Å². The molecule has 126 valence electrons. The molecule has 0 bridgehead atoms. The fraction of sp³-hybridized carbons (Fsp3) is 0.444. The Labute approximate surface area is 140 Å². The fourth-order valence-electron chi connectivity index (χ4n) is 3.32. The molecule has 0 radical (unpaired) electrons. The number of halogens is 1. The Bertz CT molecular complexity index is 753. The summed E-state index contributed by atoms with van der Waals surface area (Å²) in [6, 6.07) is 6.89. The lowest BCUT2D eigenvalue weighted by molar-refractivity contribution is 0.0737. The molecule has 1 fully saturated rings. The van der Waals surface area contributed by atoms with Crippen molar-refractivity contribution in [1.82, 2.24) is 20.4 Å². The Hall–Kier alpha value is -2.21. The van der Waals surface area contributed by atoms with E-state index in [4.69, 9.17) is 0 Å². The van der Waals surface area contributed by atoms with E-state index in [9.17, 15) is 9.18 Å². The Morgan fingerprint density at radius 1 is 1.38 bits per heavy atom. The number of benzene rings is 1. The Balaban J connectivity index is 1.51. The van der Waals surface area contributed by atoms with Gasteiger partial charge in [0.05, 0.1) is 0 Å². The standard InChI is InChI=1S/C18H21FN4O/c19-13-3-1-2-12(10-13)7-9-23(14-4-5-14)18(24)17-15-11-20-8-6-16(15)21-22-17/h1-3,10,14,20H,4-9,11H2,(H,21,22).